The van der Waals surface area contributed by atoms with E-state index in [0.29, 0.717) is 0 Å². The fourth-order valence-corrected chi connectivity index (χ4v) is 2.94. The van der Waals surface area contributed by atoms with Crippen molar-refractivity contribution in [2.24, 2.45) is 0 Å². The molecule has 20 heavy (non-hydrogen) atoms. The van der Waals surface area contributed by atoms with Gasteiger partial charge in [0, 0.05) is 22.7 Å². The minimum atomic E-state index is 0.174. The molecule has 1 N–H and O–H groups in total. The lowest BCUT2D eigenvalue weighted by atomic mass is 9.95. The largest absolute Gasteiger partial charge is 0.370 e. The average molecular weight is 289 g/mol. The quantitative estimate of drug-likeness (QED) is 0.900. The summed E-state index contributed by atoms with van der Waals surface area (Å²) in [5, 5.41) is 3.32. The van der Waals surface area contributed by atoms with Gasteiger partial charge in [0.2, 0.25) is 0 Å². The number of hydrogen-bond acceptors (Lipinski definition) is 4. The van der Waals surface area contributed by atoms with Crippen LogP contribution in [0.2, 0.25) is 0 Å². The Morgan fingerprint density at radius 3 is 2.40 bits per heavy atom. The number of anilines is 1. The predicted octanol–water partition coefficient (Wildman–Crippen LogP) is 4.55. The summed E-state index contributed by atoms with van der Waals surface area (Å²) in [6, 6.07) is 4.32. The fourth-order valence-electron chi connectivity index (χ4n) is 1.94. The van der Waals surface area contributed by atoms with Crippen molar-refractivity contribution in [3.05, 3.63) is 28.3 Å². The van der Waals surface area contributed by atoms with Crippen LogP contribution in [0.3, 0.4) is 0 Å². The lowest BCUT2D eigenvalue weighted by molar-refractivity contribution is 0.604. The molecule has 0 fully saturated rings. The molecular formula is C16H23N3S. The Hall–Kier alpha value is -1.42. The van der Waals surface area contributed by atoms with Gasteiger partial charge in [0.05, 0.1) is 4.88 Å². The van der Waals surface area contributed by atoms with E-state index < -0.39 is 0 Å². The van der Waals surface area contributed by atoms with Crippen LogP contribution in [0.5, 0.6) is 0 Å². The van der Waals surface area contributed by atoms with Gasteiger partial charge in [0.25, 0.3) is 0 Å². The summed E-state index contributed by atoms with van der Waals surface area (Å²) in [6.45, 7) is 13.7. The van der Waals surface area contributed by atoms with Gasteiger partial charge in [-0.2, -0.15) is 0 Å². The highest BCUT2D eigenvalue weighted by Gasteiger charge is 2.18. The van der Waals surface area contributed by atoms with Crippen LogP contribution in [-0.2, 0) is 5.41 Å². The van der Waals surface area contributed by atoms with E-state index in [-0.39, 0.29) is 5.41 Å². The molecular weight excluding hydrogens is 266 g/mol. The first-order valence-electron chi connectivity index (χ1n) is 7.02. The van der Waals surface area contributed by atoms with E-state index in [9.17, 15) is 0 Å². The van der Waals surface area contributed by atoms with Crippen molar-refractivity contribution in [2.75, 3.05) is 11.9 Å². The van der Waals surface area contributed by atoms with Crippen molar-refractivity contribution >= 4 is 17.2 Å². The third-order valence-corrected chi connectivity index (χ3v) is 4.81. The Labute approximate surface area is 125 Å². The second kappa shape index (κ2) is 5.52. The molecule has 0 bridgehead atoms. The smallest absolute Gasteiger partial charge is 0.171 e. The molecule has 0 amide bonds. The number of nitrogens with zero attached hydrogens (tertiary/aromatic N) is 2. The third kappa shape index (κ3) is 3.01. The first-order chi connectivity index (χ1) is 9.32. The van der Waals surface area contributed by atoms with E-state index in [1.807, 2.05) is 6.92 Å². The van der Waals surface area contributed by atoms with Crippen LogP contribution in [0.1, 0.15) is 43.8 Å². The summed E-state index contributed by atoms with van der Waals surface area (Å²) in [4.78, 5) is 11.8. The van der Waals surface area contributed by atoms with Crippen molar-refractivity contribution in [1.29, 1.82) is 0 Å². The summed E-state index contributed by atoms with van der Waals surface area (Å²) < 4.78 is 0. The molecule has 0 aromatic carbocycles. The molecule has 2 heterocycles. The van der Waals surface area contributed by atoms with Crippen LogP contribution in [0.15, 0.2) is 12.1 Å². The first-order valence-corrected chi connectivity index (χ1v) is 7.84. The van der Waals surface area contributed by atoms with Gasteiger partial charge in [0.1, 0.15) is 5.82 Å². The molecule has 4 heteroatoms. The minimum Gasteiger partial charge on any atom is -0.370 e. The molecule has 0 unspecified atom stereocenters. The second-order valence-corrected chi connectivity index (χ2v) is 7.13. The zero-order valence-corrected chi connectivity index (χ0v) is 14.0. The molecule has 2 aromatic rings. The molecule has 3 nitrogen and oxygen atoms in total. The van der Waals surface area contributed by atoms with Crippen LogP contribution in [0.25, 0.3) is 10.7 Å². The number of aryl methyl sites for hydroxylation is 1. The van der Waals surface area contributed by atoms with Gasteiger partial charge >= 0.3 is 0 Å². The topological polar surface area (TPSA) is 37.8 Å². The van der Waals surface area contributed by atoms with Crippen molar-refractivity contribution in [3.63, 3.8) is 0 Å². The molecule has 2 aromatic heterocycles. The zero-order valence-electron chi connectivity index (χ0n) is 13.2. The molecule has 2 rings (SSSR count). The number of hydrogen-bond donors (Lipinski definition) is 1. The van der Waals surface area contributed by atoms with Gasteiger partial charge in [-0.15, -0.1) is 11.3 Å². The van der Waals surface area contributed by atoms with Gasteiger partial charge in [-0.1, -0.05) is 20.8 Å². The van der Waals surface area contributed by atoms with E-state index in [2.05, 4.69) is 62.0 Å². The second-order valence-electron chi connectivity index (χ2n) is 6.05. The highest BCUT2D eigenvalue weighted by molar-refractivity contribution is 7.15. The minimum absolute atomic E-state index is 0.174. The van der Waals surface area contributed by atoms with Crippen molar-refractivity contribution in [1.82, 2.24) is 9.97 Å². The Bertz CT molecular complexity index is 609. The van der Waals surface area contributed by atoms with Gasteiger partial charge in [-0.25, -0.2) is 9.97 Å². The molecule has 0 saturated heterocycles. The average Bonchev–Trinajstić information content (AvgIpc) is 2.84. The highest BCUT2D eigenvalue weighted by atomic mass is 32.1. The van der Waals surface area contributed by atoms with Crippen LogP contribution < -0.4 is 5.32 Å². The maximum absolute atomic E-state index is 4.68. The maximum atomic E-state index is 4.68. The summed E-state index contributed by atoms with van der Waals surface area (Å²) in [5.41, 5.74) is 2.34. The van der Waals surface area contributed by atoms with Gasteiger partial charge < -0.3 is 5.32 Å². The van der Waals surface area contributed by atoms with Crippen LogP contribution in [0, 0.1) is 13.8 Å². The molecule has 0 spiro atoms. The van der Waals surface area contributed by atoms with Crippen LogP contribution in [0.4, 0.5) is 5.82 Å². The highest BCUT2D eigenvalue weighted by Crippen LogP contribution is 2.34. The lowest BCUT2D eigenvalue weighted by Gasteiger charge is -2.15. The Morgan fingerprint density at radius 1 is 1.15 bits per heavy atom. The molecule has 108 valence electrons. The van der Waals surface area contributed by atoms with E-state index >= 15 is 0 Å². The van der Waals surface area contributed by atoms with Crippen molar-refractivity contribution in [2.45, 2.75) is 47.0 Å². The maximum Gasteiger partial charge on any atom is 0.171 e. The number of nitrogens with one attached hydrogen (secondary N) is 1. The summed E-state index contributed by atoms with van der Waals surface area (Å²) in [5.74, 6) is 1.77. The molecule has 0 atom stereocenters. The predicted molar refractivity (Wildman–Crippen MR) is 87.7 cm³/mol. The Morgan fingerprint density at radius 2 is 1.85 bits per heavy atom. The molecule has 0 saturated carbocycles. The molecule has 0 aliphatic heterocycles. The molecule has 0 aliphatic rings. The summed E-state index contributed by atoms with van der Waals surface area (Å²) in [6.07, 6.45) is 0. The third-order valence-electron chi connectivity index (χ3n) is 3.30. The number of rotatable bonds is 3. The van der Waals surface area contributed by atoms with E-state index in [4.69, 9.17) is 0 Å². The standard InChI is InChI=1S/C16H23N3S/c1-7-17-14-10(2)11(3)18-15(19-14)12-8-9-13(20-12)16(4,5)6/h8-9H,7H2,1-6H3,(H,17,18,19). The SMILES string of the molecule is CCNc1nc(-c2ccc(C(C)(C)C)s2)nc(C)c1C. The monoisotopic (exact) mass is 289 g/mol. The molecule has 0 aliphatic carbocycles. The zero-order chi connectivity index (χ0) is 14.9. The van der Waals surface area contributed by atoms with Gasteiger partial charge in [-0.3, -0.25) is 0 Å². The molecule has 0 radical (unpaired) electrons. The first kappa shape index (κ1) is 15.0. The summed E-state index contributed by atoms with van der Waals surface area (Å²) in [7, 11) is 0. The summed E-state index contributed by atoms with van der Waals surface area (Å²) >= 11 is 1.78. The number of aromatic nitrogens is 2. The Balaban J connectivity index is 2.45. The van der Waals surface area contributed by atoms with E-state index in [1.54, 1.807) is 11.3 Å². The van der Waals surface area contributed by atoms with Crippen LogP contribution in [-0.4, -0.2) is 16.5 Å². The van der Waals surface area contributed by atoms with Crippen molar-refractivity contribution in [3.8, 4) is 10.7 Å². The fraction of sp³-hybridized carbons (Fsp3) is 0.500. The lowest BCUT2D eigenvalue weighted by Crippen LogP contribution is -2.07. The van der Waals surface area contributed by atoms with E-state index in [0.717, 1.165) is 34.3 Å². The number of thiophene rings is 1. The Kier molecular flexibility index (Phi) is 4.14. The van der Waals surface area contributed by atoms with Gasteiger partial charge in [-0.05, 0) is 38.3 Å². The normalized spacial score (nSPS) is 11.7. The van der Waals surface area contributed by atoms with Crippen LogP contribution >= 0.6 is 11.3 Å². The van der Waals surface area contributed by atoms with Crippen molar-refractivity contribution < 1.29 is 0 Å². The van der Waals surface area contributed by atoms with Gasteiger partial charge in [0.15, 0.2) is 5.82 Å². The van der Waals surface area contributed by atoms with E-state index in [1.165, 1.54) is 4.88 Å².